The van der Waals surface area contributed by atoms with Crippen LogP contribution in [0.5, 0.6) is 0 Å². The second-order valence-corrected chi connectivity index (χ2v) is 3.37. The van der Waals surface area contributed by atoms with Gasteiger partial charge in [0.15, 0.2) is 0 Å². The number of rotatable bonds is 3. The van der Waals surface area contributed by atoms with E-state index in [0.29, 0.717) is 6.04 Å². The molecule has 0 heteroatoms. The van der Waals surface area contributed by atoms with Gasteiger partial charge in [0.2, 0.25) is 0 Å². The fourth-order valence-electron chi connectivity index (χ4n) is 1.51. The SMILES string of the molecule is [2H]c1ccccc1CCc1ccccc1. The third kappa shape index (κ3) is 2.46. The molecular formula is C14H14. The molecule has 0 spiro atoms. The molecule has 0 radical (unpaired) electrons. The van der Waals surface area contributed by atoms with Gasteiger partial charge < -0.3 is 0 Å². The molecule has 0 N–H and O–H groups in total. The van der Waals surface area contributed by atoms with Crippen LogP contribution in [0.15, 0.2) is 60.6 Å². The second-order valence-electron chi connectivity index (χ2n) is 3.37. The van der Waals surface area contributed by atoms with Gasteiger partial charge in [-0.3, -0.25) is 0 Å². The minimum atomic E-state index is 0.647. The molecule has 14 heavy (non-hydrogen) atoms. The molecule has 0 aliphatic rings. The van der Waals surface area contributed by atoms with Crippen LogP contribution in [0, 0.1) is 0 Å². The Balaban J connectivity index is 2.03. The van der Waals surface area contributed by atoms with Gasteiger partial charge in [0.25, 0.3) is 0 Å². The number of hydrogen-bond acceptors (Lipinski definition) is 0. The zero-order valence-corrected chi connectivity index (χ0v) is 8.11. The van der Waals surface area contributed by atoms with Crippen LogP contribution in [-0.4, -0.2) is 0 Å². The lowest BCUT2D eigenvalue weighted by Gasteiger charge is -2.01. The van der Waals surface area contributed by atoms with E-state index in [0.717, 1.165) is 18.4 Å². The van der Waals surface area contributed by atoms with Crippen molar-refractivity contribution in [1.82, 2.24) is 0 Å². The van der Waals surface area contributed by atoms with Crippen molar-refractivity contribution in [3.63, 3.8) is 0 Å². The van der Waals surface area contributed by atoms with Crippen molar-refractivity contribution >= 4 is 0 Å². The van der Waals surface area contributed by atoms with Crippen LogP contribution in [0.3, 0.4) is 0 Å². The van der Waals surface area contributed by atoms with Crippen molar-refractivity contribution < 1.29 is 1.37 Å². The van der Waals surface area contributed by atoms with Crippen LogP contribution in [0.1, 0.15) is 12.5 Å². The summed E-state index contributed by atoms with van der Waals surface area (Å²) in [5.41, 5.74) is 2.46. The smallest absolute Gasteiger partial charge is 0.0622 e. The minimum Gasteiger partial charge on any atom is -0.0622 e. The molecule has 0 saturated carbocycles. The first kappa shape index (κ1) is 7.81. The van der Waals surface area contributed by atoms with Crippen LogP contribution < -0.4 is 0 Å². The summed E-state index contributed by atoms with van der Waals surface area (Å²) in [7, 11) is 0. The molecule has 0 aliphatic heterocycles. The fourth-order valence-corrected chi connectivity index (χ4v) is 1.51. The Hall–Kier alpha value is -1.56. The topological polar surface area (TPSA) is 0 Å². The highest BCUT2D eigenvalue weighted by molar-refractivity contribution is 5.19. The predicted molar refractivity (Wildman–Crippen MR) is 60.3 cm³/mol. The molecule has 0 fully saturated rings. The summed E-state index contributed by atoms with van der Waals surface area (Å²) in [6.45, 7) is 0. The Morgan fingerprint density at radius 2 is 1.29 bits per heavy atom. The van der Waals surface area contributed by atoms with Crippen LogP contribution in [-0.2, 0) is 12.8 Å². The van der Waals surface area contributed by atoms with Gasteiger partial charge in [-0.15, -0.1) is 0 Å². The first-order valence-electron chi connectivity index (χ1n) is 5.45. The van der Waals surface area contributed by atoms with E-state index >= 15 is 0 Å². The highest BCUT2D eigenvalue weighted by atomic mass is 14.0. The maximum Gasteiger partial charge on any atom is 0.0626 e. The van der Waals surface area contributed by atoms with Crippen molar-refractivity contribution in [2.45, 2.75) is 12.8 Å². The molecule has 0 aromatic heterocycles. The standard InChI is InChI=1S/C14H14/c1-3-7-13(8-4-1)11-12-14-9-5-2-6-10-14/h1-10H,11-12H2/i7D. The van der Waals surface area contributed by atoms with E-state index in [1.54, 1.807) is 0 Å². The van der Waals surface area contributed by atoms with Crippen molar-refractivity contribution in [1.29, 1.82) is 0 Å². The van der Waals surface area contributed by atoms with E-state index in [9.17, 15) is 0 Å². The molecule has 0 bridgehead atoms. The highest BCUT2D eigenvalue weighted by Gasteiger charge is 1.93. The summed E-state index contributed by atoms with van der Waals surface area (Å²) >= 11 is 0. The normalized spacial score (nSPS) is 11.0. The molecule has 0 nitrogen and oxygen atoms in total. The van der Waals surface area contributed by atoms with Gasteiger partial charge in [-0.2, -0.15) is 0 Å². The van der Waals surface area contributed by atoms with E-state index in [-0.39, 0.29) is 0 Å². The molecule has 0 saturated heterocycles. The van der Waals surface area contributed by atoms with E-state index in [4.69, 9.17) is 1.37 Å². The average molecular weight is 183 g/mol. The van der Waals surface area contributed by atoms with Gasteiger partial charge in [-0.25, -0.2) is 0 Å². The Bertz CT molecular complexity index is 420. The van der Waals surface area contributed by atoms with Gasteiger partial charge in [0, 0.05) is 0 Å². The van der Waals surface area contributed by atoms with Crippen LogP contribution in [0.2, 0.25) is 0 Å². The summed E-state index contributed by atoms with van der Waals surface area (Å²) < 4.78 is 7.74. The molecule has 2 rings (SSSR count). The summed E-state index contributed by atoms with van der Waals surface area (Å²) in [6, 6.07) is 18.8. The van der Waals surface area contributed by atoms with Crippen molar-refractivity contribution in [2.24, 2.45) is 0 Å². The summed E-state index contributed by atoms with van der Waals surface area (Å²) in [6.07, 6.45) is 1.96. The minimum absolute atomic E-state index is 0.647. The van der Waals surface area contributed by atoms with E-state index in [1.165, 1.54) is 5.56 Å². The number of aryl methyl sites for hydroxylation is 2. The first-order chi connectivity index (χ1) is 7.36. The zero-order valence-electron chi connectivity index (χ0n) is 9.11. The summed E-state index contributed by atoms with van der Waals surface area (Å²) in [5, 5.41) is 0. The van der Waals surface area contributed by atoms with Crippen LogP contribution >= 0.6 is 0 Å². The van der Waals surface area contributed by atoms with Crippen LogP contribution in [0.25, 0.3) is 0 Å². The first-order valence-corrected chi connectivity index (χ1v) is 4.95. The van der Waals surface area contributed by atoms with E-state index in [1.807, 2.05) is 30.3 Å². The van der Waals surface area contributed by atoms with Gasteiger partial charge >= 0.3 is 0 Å². The monoisotopic (exact) mass is 183 g/mol. The van der Waals surface area contributed by atoms with Gasteiger partial charge in [-0.1, -0.05) is 60.6 Å². The Labute approximate surface area is 86.6 Å². The number of benzene rings is 2. The molecule has 70 valence electrons. The zero-order chi connectivity index (χ0) is 10.5. The third-order valence-corrected chi connectivity index (χ3v) is 2.30. The summed E-state index contributed by atoms with van der Waals surface area (Å²) in [5.74, 6) is 0. The lowest BCUT2D eigenvalue weighted by atomic mass is 10.0. The maximum atomic E-state index is 7.74. The lowest BCUT2D eigenvalue weighted by molar-refractivity contribution is 0.960. The fraction of sp³-hybridized carbons (Fsp3) is 0.143. The van der Waals surface area contributed by atoms with Crippen molar-refractivity contribution in [3.8, 4) is 0 Å². The highest BCUT2D eigenvalue weighted by Crippen LogP contribution is 2.06. The molecular weight excluding hydrogens is 168 g/mol. The molecule has 0 heterocycles. The summed E-state index contributed by atoms with van der Waals surface area (Å²) in [4.78, 5) is 0. The molecule has 0 aliphatic carbocycles. The molecule has 0 atom stereocenters. The maximum absolute atomic E-state index is 7.74. The number of hydrogen-bond donors (Lipinski definition) is 0. The second kappa shape index (κ2) is 4.61. The van der Waals surface area contributed by atoms with Crippen LogP contribution in [0.4, 0.5) is 0 Å². The molecule has 0 unspecified atom stereocenters. The van der Waals surface area contributed by atoms with Gasteiger partial charge in [-0.05, 0) is 24.0 Å². The van der Waals surface area contributed by atoms with E-state index in [2.05, 4.69) is 24.3 Å². The van der Waals surface area contributed by atoms with Gasteiger partial charge in [0.1, 0.15) is 0 Å². The average Bonchev–Trinajstić information content (AvgIpc) is 2.29. The van der Waals surface area contributed by atoms with E-state index < -0.39 is 0 Å². The predicted octanol–water partition coefficient (Wildman–Crippen LogP) is 3.47. The van der Waals surface area contributed by atoms with Gasteiger partial charge in [0.05, 0.1) is 1.37 Å². The Morgan fingerprint density at radius 1 is 0.714 bits per heavy atom. The quantitative estimate of drug-likeness (QED) is 0.683. The Kier molecular flexibility index (Phi) is 2.57. The molecule has 0 amide bonds. The largest absolute Gasteiger partial charge is 0.0626 e. The third-order valence-electron chi connectivity index (χ3n) is 2.30. The van der Waals surface area contributed by atoms with Crippen molar-refractivity contribution in [3.05, 3.63) is 71.8 Å². The molecule has 2 aromatic carbocycles. The lowest BCUT2D eigenvalue weighted by Crippen LogP contribution is -1.89. The molecule has 2 aromatic rings. The van der Waals surface area contributed by atoms with Crippen molar-refractivity contribution in [2.75, 3.05) is 0 Å². The Morgan fingerprint density at radius 3 is 2.00 bits per heavy atom.